The first-order valence-electron chi connectivity index (χ1n) is 5.45. The van der Waals surface area contributed by atoms with Crippen LogP contribution in [0.15, 0.2) is 22.8 Å². The number of ether oxygens (including phenoxy) is 1. The van der Waals surface area contributed by atoms with Gasteiger partial charge < -0.3 is 14.1 Å². The fraction of sp³-hybridized carbons (Fsp3) is 0.250. The number of nitrogens with zero attached hydrogens (tertiary/aromatic N) is 3. The lowest BCUT2D eigenvalue weighted by Gasteiger charge is -2.06. The molecule has 0 saturated heterocycles. The van der Waals surface area contributed by atoms with Crippen LogP contribution in [0, 0.1) is 0 Å². The maximum Gasteiger partial charge on any atom is 0.317 e. The fourth-order valence-corrected chi connectivity index (χ4v) is 1.99. The summed E-state index contributed by atoms with van der Waals surface area (Å²) in [7, 11) is 3.22. The molecule has 0 radical (unpaired) electrons. The molecular formula is C12H11N3O3. The molecule has 92 valence electrons. The molecule has 18 heavy (non-hydrogen) atoms. The van der Waals surface area contributed by atoms with Gasteiger partial charge in [0.25, 0.3) is 5.91 Å². The molecule has 0 N–H and O–H groups in total. The van der Waals surface area contributed by atoms with Crippen molar-refractivity contribution in [3.8, 4) is 17.5 Å². The van der Waals surface area contributed by atoms with Crippen molar-refractivity contribution in [3.63, 3.8) is 0 Å². The van der Waals surface area contributed by atoms with E-state index in [2.05, 4.69) is 9.97 Å². The van der Waals surface area contributed by atoms with Crippen molar-refractivity contribution in [2.24, 2.45) is 0 Å². The second-order valence-electron chi connectivity index (χ2n) is 4.02. The Morgan fingerprint density at radius 1 is 1.44 bits per heavy atom. The molecule has 0 unspecified atom stereocenters. The van der Waals surface area contributed by atoms with Crippen LogP contribution in [0.1, 0.15) is 16.1 Å². The second-order valence-corrected chi connectivity index (χ2v) is 4.02. The normalized spacial score (nSPS) is 13.9. The summed E-state index contributed by atoms with van der Waals surface area (Å²) in [6.07, 6.45) is 1.54. The molecule has 0 spiro atoms. The van der Waals surface area contributed by atoms with E-state index in [9.17, 15) is 4.79 Å². The zero-order chi connectivity index (χ0) is 12.7. The van der Waals surface area contributed by atoms with E-state index in [-0.39, 0.29) is 11.9 Å². The van der Waals surface area contributed by atoms with Crippen LogP contribution in [0.3, 0.4) is 0 Å². The van der Waals surface area contributed by atoms with Gasteiger partial charge in [-0.05, 0) is 12.1 Å². The number of amides is 1. The van der Waals surface area contributed by atoms with Gasteiger partial charge in [-0.25, -0.2) is 0 Å². The van der Waals surface area contributed by atoms with Crippen molar-refractivity contribution in [2.45, 2.75) is 6.54 Å². The first-order valence-corrected chi connectivity index (χ1v) is 5.45. The lowest BCUT2D eigenvalue weighted by atomic mass is 10.1. The number of aromatic nitrogens is 2. The van der Waals surface area contributed by atoms with Crippen molar-refractivity contribution in [1.29, 1.82) is 0 Å². The Kier molecular flexibility index (Phi) is 2.29. The van der Waals surface area contributed by atoms with Crippen molar-refractivity contribution in [1.82, 2.24) is 14.9 Å². The molecule has 1 amide bonds. The first kappa shape index (κ1) is 10.8. The van der Waals surface area contributed by atoms with Crippen molar-refractivity contribution < 1.29 is 13.9 Å². The Balaban J connectivity index is 2.25. The number of methoxy groups -OCH3 is 1. The average Bonchev–Trinajstić information content (AvgIpc) is 2.98. The molecular weight excluding hydrogens is 234 g/mol. The molecule has 1 aliphatic rings. The van der Waals surface area contributed by atoms with Crippen LogP contribution in [0.5, 0.6) is 6.01 Å². The summed E-state index contributed by atoms with van der Waals surface area (Å²) >= 11 is 0. The van der Waals surface area contributed by atoms with Crippen LogP contribution in [0.25, 0.3) is 11.5 Å². The summed E-state index contributed by atoms with van der Waals surface area (Å²) in [4.78, 5) is 22.1. The molecule has 6 nitrogen and oxygen atoms in total. The van der Waals surface area contributed by atoms with Gasteiger partial charge in [-0.15, -0.1) is 0 Å². The third-order valence-corrected chi connectivity index (χ3v) is 2.85. The molecule has 0 fully saturated rings. The lowest BCUT2D eigenvalue weighted by molar-refractivity contribution is 0.0816. The first-order chi connectivity index (χ1) is 8.70. The van der Waals surface area contributed by atoms with Gasteiger partial charge in [-0.2, -0.15) is 9.97 Å². The number of hydrogen-bond donors (Lipinski definition) is 0. The molecule has 0 aromatic carbocycles. The number of furan rings is 1. The molecule has 0 saturated carbocycles. The monoisotopic (exact) mass is 245 g/mol. The summed E-state index contributed by atoms with van der Waals surface area (Å²) in [5.74, 6) is 0.439. The minimum Gasteiger partial charge on any atom is -0.467 e. The Morgan fingerprint density at radius 2 is 2.28 bits per heavy atom. The van der Waals surface area contributed by atoms with E-state index < -0.39 is 0 Å². The number of rotatable bonds is 2. The number of carbonyl (C=O) groups excluding carboxylic acids is 1. The lowest BCUT2D eigenvalue weighted by Crippen LogP contribution is -2.18. The van der Waals surface area contributed by atoms with Crippen molar-refractivity contribution >= 4 is 5.91 Å². The largest absolute Gasteiger partial charge is 0.467 e. The van der Waals surface area contributed by atoms with Crippen LogP contribution in [-0.4, -0.2) is 34.9 Å². The van der Waals surface area contributed by atoms with Gasteiger partial charge in [0.1, 0.15) is 5.69 Å². The maximum absolute atomic E-state index is 12.1. The van der Waals surface area contributed by atoms with Crippen LogP contribution < -0.4 is 4.74 Å². The van der Waals surface area contributed by atoms with Gasteiger partial charge in [0, 0.05) is 7.05 Å². The van der Waals surface area contributed by atoms with Gasteiger partial charge in [-0.1, -0.05) is 0 Å². The van der Waals surface area contributed by atoms with Gasteiger partial charge in [0.05, 0.1) is 31.2 Å². The standard InChI is InChI=1S/C12H11N3O3/c1-15-6-7-9(11(15)16)10(8-4-3-5-18-8)14-12(13-7)17-2/h3-5H,6H2,1-2H3. The molecule has 0 aliphatic carbocycles. The quantitative estimate of drug-likeness (QED) is 0.798. The zero-order valence-corrected chi connectivity index (χ0v) is 10.0. The predicted octanol–water partition coefficient (Wildman–Crippen LogP) is 1.33. The van der Waals surface area contributed by atoms with Gasteiger partial charge >= 0.3 is 6.01 Å². The maximum atomic E-state index is 12.1. The molecule has 3 rings (SSSR count). The highest BCUT2D eigenvalue weighted by Gasteiger charge is 2.32. The molecule has 6 heteroatoms. The van der Waals surface area contributed by atoms with E-state index in [1.54, 1.807) is 30.3 Å². The summed E-state index contributed by atoms with van der Waals surface area (Å²) in [5, 5.41) is 0. The Bertz CT molecular complexity index is 607. The van der Waals surface area contributed by atoms with E-state index in [0.717, 1.165) is 0 Å². The molecule has 2 aromatic heterocycles. The van der Waals surface area contributed by atoms with Gasteiger partial charge in [0.2, 0.25) is 0 Å². The van der Waals surface area contributed by atoms with Crippen molar-refractivity contribution in [3.05, 3.63) is 29.7 Å². The van der Waals surface area contributed by atoms with E-state index in [0.29, 0.717) is 29.3 Å². The third-order valence-electron chi connectivity index (χ3n) is 2.85. The smallest absolute Gasteiger partial charge is 0.317 e. The third kappa shape index (κ3) is 1.46. The summed E-state index contributed by atoms with van der Waals surface area (Å²) < 4.78 is 10.4. The summed E-state index contributed by atoms with van der Waals surface area (Å²) in [6, 6.07) is 3.75. The number of carbonyl (C=O) groups is 1. The van der Waals surface area contributed by atoms with Crippen LogP contribution in [0.4, 0.5) is 0 Å². The molecule has 2 aromatic rings. The Morgan fingerprint density at radius 3 is 2.94 bits per heavy atom. The van der Waals surface area contributed by atoms with Gasteiger partial charge in [-0.3, -0.25) is 4.79 Å². The van der Waals surface area contributed by atoms with Gasteiger partial charge in [0.15, 0.2) is 5.76 Å². The Labute approximate surface area is 103 Å². The Hall–Kier alpha value is -2.37. The number of fused-ring (bicyclic) bond motifs is 1. The summed E-state index contributed by atoms with van der Waals surface area (Å²) in [5.41, 5.74) is 1.64. The van der Waals surface area contributed by atoms with E-state index in [1.807, 2.05) is 0 Å². The summed E-state index contributed by atoms with van der Waals surface area (Å²) in [6.45, 7) is 0.459. The predicted molar refractivity (Wildman–Crippen MR) is 62.1 cm³/mol. The minimum atomic E-state index is -0.0981. The SMILES string of the molecule is COc1nc2c(c(-c3ccco3)n1)C(=O)N(C)C2. The zero-order valence-electron chi connectivity index (χ0n) is 10.0. The number of hydrogen-bond acceptors (Lipinski definition) is 5. The highest BCUT2D eigenvalue weighted by atomic mass is 16.5. The van der Waals surface area contributed by atoms with Crippen LogP contribution in [0.2, 0.25) is 0 Å². The van der Waals surface area contributed by atoms with E-state index in [1.165, 1.54) is 7.11 Å². The highest BCUT2D eigenvalue weighted by molar-refractivity contribution is 6.02. The van der Waals surface area contributed by atoms with E-state index >= 15 is 0 Å². The molecule has 3 heterocycles. The molecule has 0 bridgehead atoms. The van der Waals surface area contributed by atoms with Crippen molar-refractivity contribution in [2.75, 3.05) is 14.2 Å². The minimum absolute atomic E-state index is 0.0981. The highest BCUT2D eigenvalue weighted by Crippen LogP contribution is 2.31. The fourth-order valence-electron chi connectivity index (χ4n) is 1.99. The van der Waals surface area contributed by atoms with E-state index in [4.69, 9.17) is 9.15 Å². The molecule has 0 atom stereocenters. The molecule has 1 aliphatic heterocycles. The van der Waals surface area contributed by atoms with Crippen LogP contribution >= 0.6 is 0 Å². The average molecular weight is 245 g/mol. The van der Waals surface area contributed by atoms with Crippen LogP contribution in [-0.2, 0) is 6.54 Å². The second kappa shape index (κ2) is 3.83. The topological polar surface area (TPSA) is 68.5 Å².